The van der Waals surface area contributed by atoms with Gasteiger partial charge in [0.2, 0.25) is 10.0 Å². The van der Waals surface area contributed by atoms with Gasteiger partial charge in [0.15, 0.2) is 0 Å². The number of sulfonamides is 1. The highest BCUT2D eigenvalue weighted by molar-refractivity contribution is 7.89. The van der Waals surface area contributed by atoms with Crippen LogP contribution in [0.25, 0.3) is 0 Å². The summed E-state index contributed by atoms with van der Waals surface area (Å²) in [7, 11) is -3.94. The Balaban J connectivity index is 2.33. The normalized spacial score (nSPS) is 20.4. The zero-order valence-electron chi connectivity index (χ0n) is 14.1. The lowest BCUT2D eigenvalue weighted by molar-refractivity contribution is 0.00578. The first-order chi connectivity index (χ1) is 10.00. The molecule has 1 aliphatic heterocycles. The summed E-state index contributed by atoms with van der Waals surface area (Å²) in [5.74, 6) is 0. The molecule has 1 saturated heterocycles. The molecule has 0 amide bonds. The molecule has 5 nitrogen and oxygen atoms in total. The summed E-state index contributed by atoms with van der Waals surface area (Å²) in [5, 5.41) is 0. The Bertz CT molecular complexity index is 654. The predicted molar refractivity (Wildman–Crippen MR) is 87.8 cm³/mol. The summed E-state index contributed by atoms with van der Waals surface area (Å²) < 4.78 is 38.6. The zero-order chi connectivity index (χ0) is 16.8. The largest absolute Gasteiger partial charge is 0.495 e. The van der Waals surface area contributed by atoms with E-state index in [4.69, 9.17) is 9.31 Å². The molecule has 22 heavy (non-hydrogen) atoms. The van der Waals surface area contributed by atoms with Crippen LogP contribution in [0.1, 0.15) is 40.2 Å². The lowest BCUT2D eigenvalue weighted by Crippen LogP contribution is -2.41. The molecular formula is C15H24BNO4S. The number of nitrogens with one attached hydrogen (secondary N) is 1. The molecule has 7 heteroatoms. The first-order valence-electron chi connectivity index (χ1n) is 7.46. The van der Waals surface area contributed by atoms with Crippen molar-refractivity contribution in [2.75, 3.05) is 6.54 Å². The molecule has 1 N–H and O–H groups in total. The SMILES string of the molecule is CCNS(=O)(=O)c1ccc(B2OC(C)(C)C(C)(C)O2)c(C)c1. The molecule has 0 bridgehead atoms. The molecule has 122 valence electrons. The second-order valence-corrected chi connectivity index (χ2v) is 8.37. The van der Waals surface area contributed by atoms with Crippen LogP contribution in [-0.2, 0) is 19.3 Å². The van der Waals surface area contributed by atoms with Crippen LogP contribution in [0.3, 0.4) is 0 Å². The maximum absolute atomic E-state index is 12.0. The van der Waals surface area contributed by atoms with Gasteiger partial charge in [-0.05, 0) is 52.2 Å². The van der Waals surface area contributed by atoms with Crippen LogP contribution in [-0.4, -0.2) is 33.3 Å². The maximum atomic E-state index is 12.0. The van der Waals surface area contributed by atoms with Gasteiger partial charge in [-0.25, -0.2) is 13.1 Å². The van der Waals surface area contributed by atoms with Gasteiger partial charge >= 0.3 is 7.12 Å². The third-order valence-corrected chi connectivity index (χ3v) is 5.94. The van der Waals surface area contributed by atoms with Crippen LogP contribution in [0.4, 0.5) is 0 Å². The van der Waals surface area contributed by atoms with Gasteiger partial charge in [0.1, 0.15) is 0 Å². The molecule has 0 radical (unpaired) electrons. The minimum Gasteiger partial charge on any atom is -0.399 e. The van der Waals surface area contributed by atoms with Gasteiger partial charge < -0.3 is 9.31 Å². The maximum Gasteiger partial charge on any atom is 0.495 e. The molecule has 1 heterocycles. The van der Waals surface area contributed by atoms with Crippen LogP contribution < -0.4 is 10.2 Å². The molecule has 0 aromatic heterocycles. The minimum atomic E-state index is -3.45. The second kappa shape index (κ2) is 5.63. The highest BCUT2D eigenvalue weighted by atomic mass is 32.2. The Labute approximate surface area is 133 Å². The minimum absolute atomic E-state index is 0.257. The fraction of sp³-hybridized carbons (Fsp3) is 0.600. The summed E-state index contributed by atoms with van der Waals surface area (Å²) in [6.07, 6.45) is 0. The Kier molecular flexibility index (Phi) is 4.47. The Morgan fingerprint density at radius 1 is 1.14 bits per heavy atom. The first-order valence-corrected chi connectivity index (χ1v) is 8.94. The van der Waals surface area contributed by atoms with Gasteiger partial charge in [0.05, 0.1) is 16.1 Å². The van der Waals surface area contributed by atoms with E-state index in [1.165, 1.54) is 0 Å². The van der Waals surface area contributed by atoms with Crippen molar-refractivity contribution < 1.29 is 17.7 Å². The number of rotatable bonds is 4. The van der Waals surface area contributed by atoms with Crippen LogP contribution in [0, 0.1) is 6.92 Å². The molecular weight excluding hydrogens is 301 g/mol. The lowest BCUT2D eigenvalue weighted by atomic mass is 9.76. The van der Waals surface area contributed by atoms with E-state index in [1.54, 1.807) is 25.1 Å². The molecule has 1 aromatic rings. The molecule has 0 unspecified atom stereocenters. The number of benzene rings is 1. The third-order valence-electron chi connectivity index (χ3n) is 4.39. The van der Waals surface area contributed by atoms with Crippen molar-refractivity contribution in [2.45, 2.75) is 57.6 Å². The van der Waals surface area contributed by atoms with Crippen LogP contribution in [0.15, 0.2) is 23.1 Å². The van der Waals surface area contributed by atoms with Crippen LogP contribution >= 0.6 is 0 Å². The molecule has 1 fully saturated rings. The van der Waals surface area contributed by atoms with Crippen molar-refractivity contribution in [3.8, 4) is 0 Å². The highest BCUT2D eigenvalue weighted by Crippen LogP contribution is 2.36. The molecule has 2 rings (SSSR count). The lowest BCUT2D eigenvalue weighted by Gasteiger charge is -2.32. The Morgan fingerprint density at radius 3 is 2.14 bits per heavy atom. The molecule has 1 aromatic carbocycles. The Morgan fingerprint density at radius 2 is 1.68 bits per heavy atom. The third kappa shape index (κ3) is 3.08. The van der Waals surface area contributed by atoms with E-state index in [0.29, 0.717) is 6.54 Å². The quantitative estimate of drug-likeness (QED) is 0.854. The van der Waals surface area contributed by atoms with Crippen molar-refractivity contribution in [1.82, 2.24) is 4.72 Å². The number of aryl methyl sites for hydroxylation is 1. The molecule has 1 aliphatic rings. The van der Waals surface area contributed by atoms with Crippen molar-refractivity contribution in [3.05, 3.63) is 23.8 Å². The van der Waals surface area contributed by atoms with E-state index in [2.05, 4.69) is 4.72 Å². The van der Waals surface area contributed by atoms with Gasteiger partial charge in [-0.15, -0.1) is 0 Å². The summed E-state index contributed by atoms with van der Waals surface area (Å²) in [6, 6.07) is 5.01. The summed E-state index contributed by atoms with van der Waals surface area (Å²) in [4.78, 5) is 0.257. The second-order valence-electron chi connectivity index (χ2n) is 6.61. The fourth-order valence-electron chi connectivity index (χ4n) is 2.32. The van der Waals surface area contributed by atoms with Crippen LogP contribution in [0.2, 0.25) is 0 Å². The van der Waals surface area contributed by atoms with Gasteiger partial charge in [0, 0.05) is 6.54 Å². The van der Waals surface area contributed by atoms with Gasteiger partial charge in [0.25, 0.3) is 0 Å². The van der Waals surface area contributed by atoms with Crippen molar-refractivity contribution >= 4 is 22.6 Å². The molecule has 0 saturated carbocycles. The molecule has 0 atom stereocenters. The summed E-state index contributed by atoms with van der Waals surface area (Å²) in [5.41, 5.74) is 0.851. The van der Waals surface area contributed by atoms with Gasteiger partial charge in [-0.3, -0.25) is 0 Å². The number of hydrogen-bond donors (Lipinski definition) is 1. The fourth-order valence-corrected chi connectivity index (χ4v) is 3.45. The average Bonchev–Trinajstić information content (AvgIpc) is 2.57. The van der Waals surface area contributed by atoms with Crippen molar-refractivity contribution in [2.24, 2.45) is 0 Å². The molecule has 0 aliphatic carbocycles. The highest BCUT2D eigenvalue weighted by Gasteiger charge is 2.52. The standard InChI is InChI=1S/C15H24BNO4S/c1-7-17-22(18,19)12-8-9-13(11(2)10-12)16-20-14(3,4)15(5,6)21-16/h8-10,17H,7H2,1-6H3. The van der Waals surface area contributed by atoms with E-state index in [9.17, 15) is 8.42 Å². The summed E-state index contributed by atoms with van der Waals surface area (Å²) >= 11 is 0. The number of hydrogen-bond acceptors (Lipinski definition) is 4. The summed E-state index contributed by atoms with van der Waals surface area (Å²) in [6.45, 7) is 12.0. The van der Waals surface area contributed by atoms with Gasteiger partial charge in [-0.2, -0.15) is 0 Å². The van der Waals surface area contributed by atoms with E-state index in [-0.39, 0.29) is 4.90 Å². The predicted octanol–water partition coefficient (Wildman–Crippen LogP) is 1.59. The van der Waals surface area contributed by atoms with E-state index >= 15 is 0 Å². The van der Waals surface area contributed by atoms with Crippen LogP contribution in [0.5, 0.6) is 0 Å². The van der Waals surface area contributed by atoms with E-state index < -0.39 is 28.3 Å². The monoisotopic (exact) mass is 325 g/mol. The van der Waals surface area contributed by atoms with Crippen molar-refractivity contribution in [3.63, 3.8) is 0 Å². The molecule has 0 spiro atoms. The Hall–Kier alpha value is -0.885. The van der Waals surface area contributed by atoms with Gasteiger partial charge in [-0.1, -0.05) is 18.6 Å². The first kappa shape index (κ1) is 17.5. The zero-order valence-corrected chi connectivity index (χ0v) is 14.9. The topological polar surface area (TPSA) is 64.6 Å². The smallest absolute Gasteiger partial charge is 0.399 e. The van der Waals surface area contributed by atoms with E-state index in [0.717, 1.165) is 11.0 Å². The van der Waals surface area contributed by atoms with E-state index in [1.807, 2.05) is 34.6 Å². The van der Waals surface area contributed by atoms with Crippen molar-refractivity contribution in [1.29, 1.82) is 0 Å². The average molecular weight is 325 g/mol.